The minimum absolute atomic E-state index is 0.368. The molecule has 0 aliphatic rings. The van der Waals surface area contributed by atoms with Gasteiger partial charge in [0, 0.05) is 38.2 Å². The molecule has 8 nitrogen and oxygen atoms in total. The van der Waals surface area contributed by atoms with Crippen molar-refractivity contribution in [3.05, 3.63) is 203 Å². The van der Waals surface area contributed by atoms with Gasteiger partial charge < -0.3 is 9.13 Å². The van der Waals surface area contributed by atoms with Crippen LogP contribution in [0, 0.1) is 58.5 Å². The molecule has 8 aromatic carbocycles. The Morgan fingerprint density at radius 3 is 1.39 bits per heavy atom. The number of nitriles is 4. The highest BCUT2D eigenvalue weighted by Gasteiger charge is 2.23. The molecular weight excluding hydrogens is 761 g/mol. The number of benzene rings is 8. The number of rotatable bonds is 5. The van der Waals surface area contributed by atoms with E-state index in [4.69, 9.17) is 13.1 Å². The Balaban J connectivity index is 1.30. The normalized spacial score (nSPS) is 10.8. The van der Waals surface area contributed by atoms with Gasteiger partial charge in [0.25, 0.3) is 0 Å². The SMILES string of the molecule is [C-]#[N+]c1cc(C#N)cc(-c2ccc3c4ccccc4n(-c4cc(-c5cccc(C#N)c5)c(-n5c6ccccc6c6ccc(-c7cc(C#N)cc([N+]#[C-])c7)cc65)cc4C#N)c3c2)c1. The van der Waals surface area contributed by atoms with Crippen LogP contribution in [0.25, 0.3) is 98.1 Å². The van der Waals surface area contributed by atoms with E-state index in [0.717, 1.165) is 82.7 Å². The first kappa shape index (κ1) is 36.6. The standard InChI is InChI=1S/C54H26N8/c1-59-42-21-34(30-56)19-39(23-42)36-14-16-46-44-10-3-5-12-49(44)61(52(46)25-36)51-28-48(38-9-7-8-33(18-38)29-55)54(27-41(51)32-58)62-50-13-6-4-11-45(50)47-17-15-37(26-53(47)62)40-20-35(31-57)22-43(24-40)60-2/h3-28H. The van der Waals surface area contributed by atoms with E-state index in [2.05, 4.69) is 67.4 Å². The van der Waals surface area contributed by atoms with E-state index in [0.29, 0.717) is 39.3 Å². The number of para-hydroxylation sites is 2. The van der Waals surface area contributed by atoms with Crippen LogP contribution in [0.3, 0.4) is 0 Å². The van der Waals surface area contributed by atoms with Gasteiger partial charge in [0.05, 0.1) is 75.9 Å². The fourth-order valence-electron chi connectivity index (χ4n) is 8.66. The summed E-state index contributed by atoms with van der Waals surface area (Å²) in [4.78, 5) is 7.24. The van der Waals surface area contributed by atoms with Crippen molar-refractivity contribution in [2.24, 2.45) is 0 Å². The third kappa shape index (κ3) is 5.87. The fraction of sp³-hybridized carbons (Fsp3) is 0. The van der Waals surface area contributed by atoms with Crippen LogP contribution in [-0.2, 0) is 0 Å². The molecule has 0 bridgehead atoms. The van der Waals surface area contributed by atoms with E-state index >= 15 is 0 Å². The first-order chi connectivity index (χ1) is 30.4. The van der Waals surface area contributed by atoms with E-state index in [-0.39, 0.29) is 0 Å². The first-order valence-electron chi connectivity index (χ1n) is 19.5. The number of fused-ring (bicyclic) bond motifs is 6. The topological polar surface area (TPSA) is 114 Å². The summed E-state index contributed by atoms with van der Waals surface area (Å²) in [6.07, 6.45) is 0. The van der Waals surface area contributed by atoms with Gasteiger partial charge in [-0.2, -0.15) is 21.0 Å². The average Bonchev–Trinajstić information content (AvgIpc) is 3.85. The predicted octanol–water partition coefficient (Wildman–Crippen LogP) is 13.5. The van der Waals surface area contributed by atoms with Crippen LogP contribution >= 0.6 is 0 Å². The molecule has 0 unspecified atom stereocenters. The van der Waals surface area contributed by atoms with Gasteiger partial charge in [0.15, 0.2) is 11.4 Å². The number of hydrogen-bond donors (Lipinski definition) is 0. The molecular formula is C54H26N8. The van der Waals surface area contributed by atoms with Gasteiger partial charge in [-0.15, -0.1) is 0 Å². The highest BCUT2D eigenvalue weighted by Crippen LogP contribution is 2.43. The Kier molecular flexibility index (Phi) is 8.62. The lowest BCUT2D eigenvalue weighted by molar-refractivity contribution is 1.14. The van der Waals surface area contributed by atoms with Crippen molar-refractivity contribution in [2.45, 2.75) is 0 Å². The second-order valence-corrected chi connectivity index (χ2v) is 14.8. The molecule has 0 aliphatic carbocycles. The van der Waals surface area contributed by atoms with E-state index in [9.17, 15) is 21.0 Å². The van der Waals surface area contributed by atoms with Gasteiger partial charge in [-0.1, -0.05) is 72.8 Å². The van der Waals surface area contributed by atoms with E-state index < -0.39 is 0 Å². The molecule has 8 heteroatoms. The van der Waals surface area contributed by atoms with E-state index in [1.165, 1.54) is 0 Å². The second kappa shape index (κ2) is 14.6. The second-order valence-electron chi connectivity index (χ2n) is 14.8. The molecule has 10 rings (SSSR count). The Morgan fingerprint density at radius 1 is 0.371 bits per heavy atom. The minimum Gasteiger partial charge on any atom is -0.309 e. The van der Waals surface area contributed by atoms with Gasteiger partial charge in [-0.3, -0.25) is 0 Å². The zero-order chi connectivity index (χ0) is 42.5. The van der Waals surface area contributed by atoms with Crippen LogP contribution in [0.5, 0.6) is 0 Å². The smallest absolute Gasteiger partial charge is 0.189 e. The molecule has 0 amide bonds. The quantitative estimate of drug-likeness (QED) is 0.162. The average molecular weight is 787 g/mol. The maximum atomic E-state index is 11.2. The molecule has 2 heterocycles. The molecule has 0 radical (unpaired) electrons. The molecule has 0 spiro atoms. The van der Waals surface area contributed by atoms with Crippen LogP contribution in [0.1, 0.15) is 22.3 Å². The van der Waals surface area contributed by atoms with Crippen LogP contribution in [0.2, 0.25) is 0 Å². The monoisotopic (exact) mass is 786 g/mol. The van der Waals surface area contributed by atoms with Crippen LogP contribution in [0.15, 0.2) is 158 Å². The molecule has 0 N–H and O–H groups in total. The summed E-state index contributed by atoms with van der Waals surface area (Å²) in [5.74, 6) is 0. The Bertz CT molecular complexity index is 3770. The highest BCUT2D eigenvalue weighted by atomic mass is 15.0. The highest BCUT2D eigenvalue weighted by molar-refractivity contribution is 6.12. The summed E-state index contributed by atoms with van der Waals surface area (Å²) in [6.45, 7) is 15.3. The van der Waals surface area contributed by atoms with Crippen molar-refractivity contribution in [1.29, 1.82) is 21.0 Å². The zero-order valence-corrected chi connectivity index (χ0v) is 32.6. The van der Waals surface area contributed by atoms with Crippen LogP contribution < -0.4 is 0 Å². The van der Waals surface area contributed by atoms with Crippen LogP contribution in [0.4, 0.5) is 11.4 Å². The molecule has 0 atom stereocenters. The lowest BCUT2D eigenvalue weighted by Gasteiger charge is -2.19. The van der Waals surface area contributed by atoms with Gasteiger partial charge in [-0.25, -0.2) is 9.69 Å². The maximum absolute atomic E-state index is 11.2. The summed E-state index contributed by atoms with van der Waals surface area (Å²) in [7, 11) is 0. The Morgan fingerprint density at radius 2 is 0.871 bits per heavy atom. The zero-order valence-electron chi connectivity index (χ0n) is 32.6. The lowest BCUT2D eigenvalue weighted by Crippen LogP contribution is -2.04. The van der Waals surface area contributed by atoms with Crippen molar-refractivity contribution in [3.8, 4) is 69.0 Å². The molecule has 10 aromatic rings. The lowest BCUT2D eigenvalue weighted by atomic mass is 9.97. The number of hydrogen-bond acceptors (Lipinski definition) is 4. The van der Waals surface area contributed by atoms with Gasteiger partial charge in [0.2, 0.25) is 0 Å². The predicted molar refractivity (Wildman–Crippen MR) is 243 cm³/mol. The van der Waals surface area contributed by atoms with Crippen molar-refractivity contribution in [3.63, 3.8) is 0 Å². The third-order valence-electron chi connectivity index (χ3n) is 11.4. The van der Waals surface area contributed by atoms with Crippen molar-refractivity contribution in [1.82, 2.24) is 9.13 Å². The van der Waals surface area contributed by atoms with Crippen molar-refractivity contribution >= 4 is 55.0 Å². The first-order valence-corrected chi connectivity index (χ1v) is 19.5. The van der Waals surface area contributed by atoms with Gasteiger partial charge >= 0.3 is 0 Å². The summed E-state index contributed by atoms with van der Waals surface area (Å²) in [5, 5.41) is 44.8. The van der Waals surface area contributed by atoms with Crippen molar-refractivity contribution in [2.75, 3.05) is 0 Å². The number of nitrogens with zero attached hydrogens (tertiary/aromatic N) is 8. The van der Waals surface area contributed by atoms with Gasteiger partial charge in [0.1, 0.15) is 6.07 Å². The van der Waals surface area contributed by atoms with Crippen molar-refractivity contribution < 1.29 is 0 Å². The van der Waals surface area contributed by atoms with E-state index in [1.807, 2.05) is 91.0 Å². The summed E-state index contributed by atoms with van der Waals surface area (Å²) >= 11 is 0. The maximum Gasteiger partial charge on any atom is 0.189 e. The Labute approximate surface area is 355 Å². The molecule has 62 heavy (non-hydrogen) atoms. The molecule has 0 saturated carbocycles. The summed E-state index contributed by atoms with van der Waals surface area (Å²) in [5.41, 5.74) is 11.9. The molecule has 0 saturated heterocycles. The van der Waals surface area contributed by atoms with E-state index in [1.54, 1.807) is 42.5 Å². The fourth-order valence-corrected chi connectivity index (χ4v) is 8.66. The molecule has 282 valence electrons. The minimum atomic E-state index is 0.368. The summed E-state index contributed by atoms with van der Waals surface area (Å²) in [6, 6.07) is 59.2. The molecule has 2 aromatic heterocycles. The Hall–Kier alpha value is -9.70. The largest absolute Gasteiger partial charge is 0.309 e. The number of aromatic nitrogens is 2. The van der Waals surface area contributed by atoms with Gasteiger partial charge in [-0.05, 0) is 113 Å². The van der Waals surface area contributed by atoms with Crippen LogP contribution in [-0.4, -0.2) is 9.13 Å². The third-order valence-corrected chi connectivity index (χ3v) is 11.4. The molecule has 0 fully saturated rings. The summed E-state index contributed by atoms with van der Waals surface area (Å²) < 4.78 is 4.25. The molecule has 0 aliphatic heterocycles.